The monoisotopic (exact) mass is 234 g/mol. The first kappa shape index (κ1) is 11.9. The minimum Gasteiger partial charge on any atom is -0.399 e. The van der Waals surface area contributed by atoms with Gasteiger partial charge in [-0.3, -0.25) is 4.79 Å². The van der Waals surface area contributed by atoms with E-state index in [0.717, 1.165) is 5.56 Å². The summed E-state index contributed by atoms with van der Waals surface area (Å²) in [5.74, 6) is -0.311. The van der Waals surface area contributed by atoms with Gasteiger partial charge in [0.15, 0.2) is 0 Å². The SMILES string of the molecule is NC(=O)C1(c2ccc(N)cc2)CCC(O)CC1. The fourth-order valence-corrected chi connectivity index (χ4v) is 2.57. The molecule has 0 heterocycles. The molecule has 17 heavy (non-hydrogen) atoms. The molecule has 1 saturated carbocycles. The van der Waals surface area contributed by atoms with Gasteiger partial charge in [0.2, 0.25) is 5.91 Å². The maximum atomic E-state index is 11.8. The van der Waals surface area contributed by atoms with Gasteiger partial charge in [0.05, 0.1) is 11.5 Å². The van der Waals surface area contributed by atoms with Gasteiger partial charge < -0.3 is 16.6 Å². The molecule has 1 fully saturated rings. The second kappa shape index (κ2) is 4.37. The van der Waals surface area contributed by atoms with E-state index < -0.39 is 5.41 Å². The van der Waals surface area contributed by atoms with E-state index in [0.29, 0.717) is 31.4 Å². The third-order valence-corrected chi connectivity index (χ3v) is 3.74. The molecule has 0 aliphatic heterocycles. The molecule has 4 heteroatoms. The molecule has 92 valence electrons. The molecule has 4 nitrogen and oxygen atoms in total. The largest absolute Gasteiger partial charge is 0.399 e. The number of nitrogens with two attached hydrogens (primary N) is 2. The first-order chi connectivity index (χ1) is 8.04. The number of nitrogen functional groups attached to an aromatic ring is 1. The molecule has 0 aromatic heterocycles. The Labute approximate surface area is 101 Å². The van der Waals surface area contributed by atoms with Crippen molar-refractivity contribution in [3.05, 3.63) is 29.8 Å². The number of aliphatic hydroxyl groups excluding tert-OH is 1. The van der Waals surface area contributed by atoms with Crippen molar-refractivity contribution < 1.29 is 9.90 Å². The minimum absolute atomic E-state index is 0.309. The summed E-state index contributed by atoms with van der Waals surface area (Å²) in [5, 5.41) is 9.54. The Hall–Kier alpha value is -1.55. The number of rotatable bonds is 2. The molecule has 5 N–H and O–H groups in total. The number of hydrogen-bond acceptors (Lipinski definition) is 3. The topological polar surface area (TPSA) is 89.3 Å². The zero-order valence-electron chi connectivity index (χ0n) is 9.73. The molecular weight excluding hydrogens is 216 g/mol. The van der Waals surface area contributed by atoms with Crippen molar-refractivity contribution in [3.8, 4) is 0 Å². The van der Waals surface area contributed by atoms with Crippen molar-refractivity contribution in [2.24, 2.45) is 5.73 Å². The van der Waals surface area contributed by atoms with Crippen LogP contribution < -0.4 is 11.5 Å². The molecule has 1 aliphatic rings. The van der Waals surface area contributed by atoms with E-state index in [1.807, 2.05) is 12.1 Å². The summed E-state index contributed by atoms with van der Waals surface area (Å²) >= 11 is 0. The molecular formula is C13H18N2O2. The minimum atomic E-state index is -0.632. The number of carbonyl (C=O) groups is 1. The first-order valence-corrected chi connectivity index (χ1v) is 5.88. The van der Waals surface area contributed by atoms with E-state index in [-0.39, 0.29) is 12.0 Å². The van der Waals surface area contributed by atoms with Crippen molar-refractivity contribution >= 4 is 11.6 Å². The number of amides is 1. The maximum Gasteiger partial charge on any atom is 0.228 e. The van der Waals surface area contributed by atoms with Crippen LogP contribution in [0.25, 0.3) is 0 Å². The van der Waals surface area contributed by atoms with Crippen molar-refractivity contribution in [2.75, 3.05) is 5.73 Å². The van der Waals surface area contributed by atoms with Crippen LogP contribution in [0.3, 0.4) is 0 Å². The predicted molar refractivity (Wildman–Crippen MR) is 66.2 cm³/mol. The lowest BCUT2D eigenvalue weighted by Crippen LogP contribution is -2.45. The fraction of sp³-hybridized carbons (Fsp3) is 0.462. The lowest BCUT2D eigenvalue weighted by molar-refractivity contribution is -0.125. The van der Waals surface area contributed by atoms with Gasteiger partial charge in [-0.25, -0.2) is 0 Å². The van der Waals surface area contributed by atoms with E-state index in [9.17, 15) is 9.90 Å². The second-order valence-corrected chi connectivity index (χ2v) is 4.80. The van der Waals surface area contributed by atoms with Gasteiger partial charge in [0.25, 0.3) is 0 Å². The van der Waals surface area contributed by atoms with Crippen LogP contribution in [0.1, 0.15) is 31.2 Å². The van der Waals surface area contributed by atoms with Crippen LogP contribution in [-0.2, 0) is 10.2 Å². The number of anilines is 1. The maximum absolute atomic E-state index is 11.8. The third kappa shape index (κ3) is 2.13. The molecule has 0 spiro atoms. The number of hydrogen-bond donors (Lipinski definition) is 3. The third-order valence-electron chi connectivity index (χ3n) is 3.74. The Kier molecular flexibility index (Phi) is 3.07. The summed E-state index contributed by atoms with van der Waals surface area (Å²) < 4.78 is 0. The summed E-state index contributed by atoms with van der Waals surface area (Å²) in [5.41, 5.74) is 12.2. The number of carbonyl (C=O) groups excluding carboxylic acids is 1. The molecule has 1 aromatic rings. The summed E-state index contributed by atoms with van der Waals surface area (Å²) in [6.07, 6.45) is 2.14. The van der Waals surface area contributed by atoms with Gasteiger partial charge >= 0.3 is 0 Å². The average molecular weight is 234 g/mol. The molecule has 0 unspecified atom stereocenters. The van der Waals surface area contributed by atoms with E-state index in [2.05, 4.69) is 0 Å². The molecule has 2 rings (SSSR count). The highest BCUT2D eigenvalue weighted by atomic mass is 16.3. The van der Waals surface area contributed by atoms with Gasteiger partial charge in [-0.1, -0.05) is 12.1 Å². The van der Waals surface area contributed by atoms with E-state index in [1.165, 1.54) is 0 Å². The fourth-order valence-electron chi connectivity index (χ4n) is 2.57. The van der Waals surface area contributed by atoms with Gasteiger partial charge in [-0.05, 0) is 43.4 Å². The molecule has 1 amide bonds. The van der Waals surface area contributed by atoms with Gasteiger partial charge in [-0.15, -0.1) is 0 Å². The lowest BCUT2D eigenvalue weighted by Gasteiger charge is -2.36. The van der Waals surface area contributed by atoms with Crippen LogP contribution in [0.4, 0.5) is 5.69 Å². The van der Waals surface area contributed by atoms with E-state index >= 15 is 0 Å². The van der Waals surface area contributed by atoms with Crippen molar-refractivity contribution in [2.45, 2.75) is 37.2 Å². The molecule has 0 atom stereocenters. The number of aliphatic hydroxyl groups is 1. The van der Waals surface area contributed by atoms with Crippen LogP contribution in [0.15, 0.2) is 24.3 Å². The zero-order chi connectivity index (χ0) is 12.5. The lowest BCUT2D eigenvalue weighted by atomic mass is 9.68. The van der Waals surface area contributed by atoms with Crippen molar-refractivity contribution in [3.63, 3.8) is 0 Å². The predicted octanol–water partition coefficient (Wildman–Crippen LogP) is 0.927. The molecule has 0 saturated heterocycles. The summed E-state index contributed by atoms with van der Waals surface area (Å²) in [6, 6.07) is 7.28. The standard InChI is InChI=1S/C13H18N2O2/c14-10-3-1-9(2-4-10)13(12(15)17)7-5-11(16)6-8-13/h1-4,11,16H,5-8,14H2,(H2,15,17). The Bertz CT molecular complexity index is 406. The molecule has 0 radical (unpaired) electrons. The highest BCUT2D eigenvalue weighted by Gasteiger charge is 2.41. The van der Waals surface area contributed by atoms with Crippen LogP contribution in [0, 0.1) is 0 Å². The molecule has 1 aromatic carbocycles. The summed E-state index contributed by atoms with van der Waals surface area (Å²) in [6.45, 7) is 0. The highest BCUT2D eigenvalue weighted by Crippen LogP contribution is 2.39. The average Bonchev–Trinajstić information content (AvgIpc) is 2.31. The van der Waals surface area contributed by atoms with Gasteiger partial charge in [0, 0.05) is 5.69 Å². The Morgan fingerprint density at radius 3 is 2.24 bits per heavy atom. The van der Waals surface area contributed by atoms with Crippen LogP contribution in [0.2, 0.25) is 0 Å². The van der Waals surface area contributed by atoms with Gasteiger partial charge in [-0.2, -0.15) is 0 Å². The second-order valence-electron chi connectivity index (χ2n) is 4.80. The van der Waals surface area contributed by atoms with Gasteiger partial charge in [0.1, 0.15) is 0 Å². The van der Waals surface area contributed by atoms with Crippen LogP contribution >= 0.6 is 0 Å². The number of primary amides is 1. The smallest absolute Gasteiger partial charge is 0.228 e. The highest BCUT2D eigenvalue weighted by molar-refractivity contribution is 5.87. The van der Waals surface area contributed by atoms with Crippen molar-refractivity contribution in [1.82, 2.24) is 0 Å². The Morgan fingerprint density at radius 1 is 1.24 bits per heavy atom. The Balaban J connectivity index is 2.35. The van der Waals surface area contributed by atoms with Crippen molar-refractivity contribution in [1.29, 1.82) is 0 Å². The number of benzene rings is 1. The van der Waals surface area contributed by atoms with Crippen LogP contribution in [-0.4, -0.2) is 17.1 Å². The zero-order valence-corrected chi connectivity index (χ0v) is 9.73. The summed E-state index contributed by atoms with van der Waals surface area (Å²) in [4.78, 5) is 11.8. The molecule has 0 bridgehead atoms. The quantitative estimate of drug-likeness (QED) is 0.665. The molecule has 1 aliphatic carbocycles. The van der Waals surface area contributed by atoms with Crippen LogP contribution in [0.5, 0.6) is 0 Å². The van der Waals surface area contributed by atoms with E-state index in [4.69, 9.17) is 11.5 Å². The normalized spacial score (nSPS) is 28.9. The Morgan fingerprint density at radius 2 is 1.76 bits per heavy atom. The first-order valence-electron chi connectivity index (χ1n) is 5.88. The van der Waals surface area contributed by atoms with E-state index in [1.54, 1.807) is 12.1 Å². The summed E-state index contributed by atoms with van der Waals surface area (Å²) in [7, 11) is 0.